The molecule has 3 nitrogen and oxygen atoms in total. The molecule has 4 heteroatoms. The van der Waals surface area contributed by atoms with Gasteiger partial charge in [0, 0.05) is 18.2 Å². The van der Waals surface area contributed by atoms with Crippen molar-refractivity contribution in [3.63, 3.8) is 0 Å². The van der Waals surface area contributed by atoms with Gasteiger partial charge in [-0.05, 0) is 30.2 Å². The maximum Gasteiger partial charge on any atom is 0.188 e. The Morgan fingerprint density at radius 3 is 2.78 bits per heavy atom. The Hall–Kier alpha value is -2.07. The lowest BCUT2D eigenvalue weighted by molar-refractivity contribution is 0.104. The monoisotopic (exact) mass is 324 g/mol. The fraction of sp³-hybridized carbons (Fsp3) is 0.263. The van der Waals surface area contributed by atoms with Crippen molar-refractivity contribution in [1.29, 1.82) is 0 Å². The molecule has 0 aromatic heterocycles. The van der Waals surface area contributed by atoms with Crippen LogP contribution in [0.1, 0.15) is 37.0 Å². The molecule has 0 saturated heterocycles. The smallest absolute Gasteiger partial charge is 0.188 e. The summed E-state index contributed by atoms with van der Waals surface area (Å²) < 4.78 is 0. The minimum Gasteiger partial charge on any atom is -0.289 e. The maximum atomic E-state index is 12.6. The van der Waals surface area contributed by atoms with Crippen LogP contribution in [0.25, 0.3) is 10.8 Å². The summed E-state index contributed by atoms with van der Waals surface area (Å²) in [6.45, 7) is 4.99. The number of allylic oxidation sites excluding steroid dienone is 1. The van der Waals surface area contributed by atoms with E-state index in [0.717, 1.165) is 45.8 Å². The summed E-state index contributed by atoms with van der Waals surface area (Å²) in [5.41, 5.74) is 0.719. The van der Waals surface area contributed by atoms with Gasteiger partial charge in [-0.3, -0.25) is 9.80 Å². The van der Waals surface area contributed by atoms with E-state index in [1.807, 2.05) is 48.3 Å². The predicted octanol–water partition coefficient (Wildman–Crippen LogP) is 5.05. The van der Waals surface area contributed by atoms with Gasteiger partial charge in [0.25, 0.3) is 0 Å². The number of hydrazone groups is 1. The van der Waals surface area contributed by atoms with Gasteiger partial charge in [0.1, 0.15) is 5.03 Å². The van der Waals surface area contributed by atoms with E-state index in [0.29, 0.717) is 0 Å². The van der Waals surface area contributed by atoms with Crippen molar-refractivity contribution in [1.82, 2.24) is 5.01 Å². The van der Waals surface area contributed by atoms with Crippen molar-refractivity contribution in [2.45, 2.75) is 26.7 Å². The molecule has 1 aliphatic heterocycles. The highest BCUT2D eigenvalue weighted by Gasteiger charge is 2.19. The Morgan fingerprint density at radius 2 is 2.00 bits per heavy atom. The lowest BCUT2D eigenvalue weighted by Crippen LogP contribution is -2.14. The Labute approximate surface area is 141 Å². The number of thioether (sulfide) groups is 1. The molecule has 1 heterocycles. The van der Waals surface area contributed by atoms with Crippen molar-refractivity contribution in [3.05, 3.63) is 59.1 Å². The number of ketones is 1. The minimum absolute atomic E-state index is 0.0321. The van der Waals surface area contributed by atoms with Gasteiger partial charge in [0.05, 0.1) is 5.04 Å². The van der Waals surface area contributed by atoms with Gasteiger partial charge in [-0.25, -0.2) is 0 Å². The second-order valence-electron chi connectivity index (χ2n) is 5.61. The summed E-state index contributed by atoms with van der Waals surface area (Å²) in [4.78, 5) is 12.6. The highest BCUT2D eigenvalue weighted by atomic mass is 32.2. The van der Waals surface area contributed by atoms with Crippen molar-refractivity contribution in [2.75, 3.05) is 6.54 Å². The molecule has 0 aliphatic carbocycles. The van der Waals surface area contributed by atoms with Gasteiger partial charge in [-0.15, -0.1) is 0 Å². The molecular formula is C19H20N2OS. The quantitative estimate of drug-likeness (QED) is 0.570. The first kappa shape index (κ1) is 15.8. The van der Waals surface area contributed by atoms with Crippen molar-refractivity contribution in [2.24, 2.45) is 5.10 Å². The molecule has 1 aliphatic rings. The molecule has 2 aromatic carbocycles. The SMILES string of the molecule is CCCCN1N=C(C)SC1=CC(=O)c1ccc2ccccc2c1. The number of benzene rings is 2. The second kappa shape index (κ2) is 7.01. The van der Waals surface area contributed by atoms with E-state index in [9.17, 15) is 4.79 Å². The zero-order valence-corrected chi connectivity index (χ0v) is 14.3. The largest absolute Gasteiger partial charge is 0.289 e. The second-order valence-corrected chi connectivity index (χ2v) is 6.82. The predicted molar refractivity (Wildman–Crippen MR) is 98.7 cm³/mol. The van der Waals surface area contributed by atoms with Gasteiger partial charge >= 0.3 is 0 Å². The highest BCUT2D eigenvalue weighted by molar-refractivity contribution is 8.17. The first-order chi connectivity index (χ1) is 11.2. The van der Waals surface area contributed by atoms with Gasteiger partial charge in [0.15, 0.2) is 5.78 Å². The number of fused-ring (bicyclic) bond motifs is 1. The fourth-order valence-electron chi connectivity index (χ4n) is 2.55. The van der Waals surface area contributed by atoms with Gasteiger partial charge in [-0.2, -0.15) is 5.10 Å². The maximum absolute atomic E-state index is 12.6. The number of carbonyl (C=O) groups excluding carboxylic acids is 1. The molecule has 3 rings (SSSR count). The molecule has 0 atom stereocenters. The number of nitrogens with zero attached hydrogens (tertiary/aromatic N) is 2. The lowest BCUT2D eigenvalue weighted by Gasteiger charge is -2.14. The number of hydrogen-bond donors (Lipinski definition) is 0. The number of unbranched alkanes of at least 4 members (excludes halogenated alkanes) is 1. The van der Waals surface area contributed by atoms with Crippen LogP contribution in [0.4, 0.5) is 0 Å². The molecule has 2 aromatic rings. The Kier molecular flexibility index (Phi) is 4.82. The van der Waals surface area contributed by atoms with E-state index in [2.05, 4.69) is 18.1 Å². The van der Waals surface area contributed by atoms with Gasteiger partial charge in [0.2, 0.25) is 0 Å². The first-order valence-corrected chi connectivity index (χ1v) is 8.74. The molecule has 0 fully saturated rings. The van der Waals surface area contributed by atoms with Crippen LogP contribution in [0.5, 0.6) is 0 Å². The average Bonchev–Trinajstić information content (AvgIpc) is 2.91. The molecule has 23 heavy (non-hydrogen) atoms. The highest BCUT2D eigenvalue weighted by Crippen LogP contribution is 2.30. The van der Waals surface area contributed by atoms with E-state index < -0.39 is 0 Å². The molecule has 0 unspecified atom stereocenters. The summed E-state index contributed by atoms with van der Waals surface area (Å²) >= 11 is 1.57. The molecule has 118 valence electrons. The standard InChI is InChI=1S/C19H20N2OS/c1-3-4-11-21-19(23-14(2)20-21)13-18(22)17-10-9-15-7-5-6-8-16(15)12-17/h5-10,12-13H,3-4,11H2,1-2H3. The van der Waals surface area contributed by atoms with Crippen LogP contribution in [0.3, 0.4) is 0 Å². The third-order valence-corrected chi connectivity index (χ3v) is 4.70. The topological polar surface area (TPSA) is 32.7 Å². The lowest BCUT2D eigenvalue weighted by atomic mass is 10.0. The Balaban J connectivity index is 1.83. The summed E-state index contributed by atoms with van der Waals surface area (Å²) in [5, 5.41) is 10.6. The first-order valence-electron chi connectivity index (χ1n) is 7.93. The third kappa shape index (κ3) is 3.64. The van der Waals surface area contributed by atoms with Crippen molar-refractivity contribution in [3.8, 4) is 0 Å². The Morgan fingerprint density at radius 1 is 1.22 bits per heavy atom. The zero-order valence-electron chi connectivity index (χ0n) is 13.5. The van der Waals surface area contributed by atoms with Crippen molar-refractivity contribution < 1.29 is 4.79 Å². The van der Waals surface area contributed by atoms with Gasteiger partial charge < -0.3 is 0 Å². The van der Waals surface area contributed by atoms with E-state index in [1.54, 1.807) is 17.8 Å². The summed E-state index contributed by atoms with van der Waals surface area (Å²) in [6, 6.07) is 13.9. The number of rotatable bonds is 5. The molecular weight excluding hydrogens is 304 g/mol. The molecule has 0 N–H and O–H groups in total. The average molecular weight is 324 g/mol. The number of hydrogen-bond acceptors (Lipinski definition) is 4. The van der Waals surface area contributed by atoms with E-state index in [-0.39, 0.29) is 5.78 Å². The summed E-state index contributed by atoms with van der Waals surface area (Å²) in [7, 11) is 0. The Bertz CT molecular complexity index is 795. The van der Waals surface area contributed by atoms with Crippen LogP contribution in [-0.2, 0) is 0 Å². The van der Waals surface area contributed by atoms with Crippen LogP contribution in [0, 0.1) is 0 Å². The minimum atomic E-state index is 0.0321. The van der Waals surface area contributed by atoms with E-state index >= 15 is 0 Å². The van der Waals surface area contributed by atoms with E-state index in [4.69, 9.17) is 0 Å². The third-order valence-electron chi connectivity index (χ3n) is 3.78. The normalized spacial score (nSPS) is 16.2. The van der Waals surface area contributed by atoms with Crippen LogP contribution in [-0.4, -0.2) is 22.4 Å². The molecule has 0 amide bonds. The molecule has 0 radical (unpaired) electrons. The summed E-state index contributed by atoms with van der Waals surface area (Å²) in [6.07, 6.45) is 3.89. The summed E-state index contributed by atoms with van der Waals surface area (Å²) in [5.74, 6) is 0.0321. The number of carbonyl (C=O) groups is 1. The fourth-order valence-corrected chi connectivity index (χ4v) is 3.40. The molecule has 0 bridgehead atoms. The van der Waals surface area contributed by atoms with Crippen LogP contribution in [0.15, 0.2) is 58.7 Å². The van der Waals surface area contributed by atoms with Gasteiger partial charge in [-0.1, -0.05) is 61.5 Å². The molecule has 0 saturated carbocycles. The van der Waals surface area contributed by atoms with Crippen LogP contribution in [0.2, 0.25) is 0 Å². The zero-order chi connectivity index (χ0) is 16.2. The van der Waals surface area contributed by atoms with Crippen LogP contribution < -0.4 is 0 Å². The molecule has 0 spiro atoms. The van der Waals surface area contributed by atoms with Crippen LogP contribution >= 0.6 is 11.8 Å². The van der Waals surface area contributed by atoms with Crippen molar-refractivity contribution >= 4 is 33.4 Å². The van der Waals surface area contributed by atoms with E-state index in [1.165, 1.54) is 0 Å².